The quantitative estimate of drug-likeness (QED) is 0.536. The molecule has 0 fully saturated rings. The van der Waals surface area contributed by atoms with E-state index in [4.69, 9.17) is 9.84 Å². The van der Waals surface area contributed by atoms with Gasteiger partial charge in [0.1, 0.15) is 5.54 Å². The van der Waals surface area contributed by atoms with Gasteiger partial charge in [0.2, 0.25) is 0 Å². The molecule has 0 aliphatic heterocycles. The second-order valence-electron chi connectivity index (χ2n) is 5.59. The zero-order valence-electron chi connectivity index (χ0n) is 13.0. The van der Waals surface area contributed by atoms with E-state index in [1.165, 1.54) is 6.92 Å². The number of carbonyl (C=O) groups excluding carboxylic acids is 1. The molecule has 0 radical (unpaired) electrons. The van der Waals surface area contributed by atoms with Crippen LogP contribution in [0.2, 0.25) is 0 Å². The third-order valence-corrected chi connectivity index (χ3v) is 2.81. The molecule has 0 bridgehead atoms. The van der Waals surface area contributed by atoms with E-state index in [2.05, 4.69) is 24.5 Å². The van der Waals surface area contributed by atoms with E-state index in [-0.39, 0.29) is 0 Å². The molecular formula is C14H28N2O4. The fourth-order valence-electron chi connectivity index (χ4n) is 1.71. The van der Waals surface area contributed by atoms with Gasteiger partial charge in [-0.1, -0.05) is 27.2 Å². The molecule has 0 saturated heterocycles. The summed E-state index contributed by atoms with van der Waals surface area (Å²) in [5.41, 5.74) is -1.22. The van der Waals surface area contributed by atoms with Crippen LogP contribution in [0.3, 0.4) is 0 Å². The molecule has 3 N–H and O–H groups in total. The number of amides is 2. The number of carboxylic acid groups (broad SMARTS) is 1. The maximum Gasteiger partial charge on any atom is 0.329 e. The molecule has 0 aliphatic rings. The smallest absolute Gasteiger partial charge is 0.329 e. The second kappa shape index (κ2) is 9.58. The van der Waals surface area contributed by atoms with E-state index in [0.717, 1.165) is 0 Å². The number of hydrogen-bond acceptors (Lipinski definition) is 3. The number of nitrogens with one attached hydrogen (secondary N) is 2. The van der Waals surface area contributed by atoms with Gasteiger partial charge in [-0.3, -0.25) is 0 Å². The summed E-state index contributed by atoms with van der Waals surface area (Å²) in [7, 11) is 0. The van der Waals surface area contributed by atoms with Gasteiger partial charge in [0.15, 0.2) is 0 Å². The first-order valence-electron chi connectivity index (χ1n) is 7.19. The number of aliphatic carboxylic acids is 1. The number of ether oxygens (including phenoxy) is 1. The first-order valence-corrected chi connectivity index (χ1v) is 7.19. The summed E-state index contributed by atoms with van der Waals surface area (Å²) < 4.78 is 5.39. The van der Waals surface area contributed by atoms with E-state index in [0.29, 0.717) is 44.9 Å². The van der Waals surface area contributed by atoms with Gasteiger partial charge in [-0.25, -0.2) is 9.59 Å². The zero-order valence-corrected chi connectivity index (χ0v) is 13.0. The lowest BCUT2D eigenvalue weighted by atomic mass is 9.97. The maximum atomic E-state index is 11.7. The molecule has 0 aromatic rings. The predicted octanol–water partition coefficient (Wildman–Crippen LogP) is 1.99. The molecule has 0 aromatic heterocycles. The molecule has 0 spiro atoms. The largest absolute Gasteiger partial charge is 0.480 e. The van der Waals surface area contributed by atoms with Crippen LogP contribution in [0.1, 0.15) is 47.0 Å². The summed E-state index contributed by atoms with van der Waals surface area (Å²) in [4.78, 5) is 22.8. The van der Waals surface area contributed by atoms with Crippen molar-refractivity contribution in [2.24, 2.45) is 5.92 Å². The van der Waals surface area contributed by atoms with Crippen molar-refractivity contribution in [3.8, 4) is 0 Å². The van der Waals surface area contributed by atoms with Crippen molar-refractivity contribution < 1.29 is 19.4 Å². The van der Waals surface area contributed by atoms with Gasteiger partial charge in [0.05, 0.1) is 0 Å². The van der Waals surface area contributed by atoms with Crippen molar-refractivity contribution in [3.05, 3.63) is 0 Å². The Balaban J connectivity index is 3.89. The van der Waals surface area contributed by atoms with Crippen LogP contribution in [0.15, 0.2) is 0 Å². The van der Waals surface area contributed by atoms with Gasteiger partial charge in [-0.15, -0.1) is 0 Å². The molecule has 0 aromatic carbocycles. The molecule has 1 atom stereocenters. The van der Waals surface area contributed by atoms with Crippen molar-refractivity contribution in [1.29, 1.82) is 0 Å². The van der Waals surface area contributed by atoms with Gasteiger partial charge in [-0.05, 0) is 25.7 Å². The van der Waals surface area contributed by atoms with Crippen LogP contribution in [0.25, 0.3) is 0 Å². The normalized spacial score (nSPS) is 13.8. The zero-order chi connectivity index (χ0) is 15.6. The highest BCUT2D eigenvalue weighted by molar-refractivity contribution is 5.85. The summed E-state index contributed by atoms with van der Waals surface area (Å²) in [6.07, 6.45) is 1.79. The Hall–Kier alpha value is -1.30. The van der Waals surface area contributed by atoms with E-state index in [9.17, 15) is 9.59 Å². The lowest BCUT2D eigenvalue weighted by molar-refractivity contribution is -0.144. The number of hydrogen-bond donors (Lipinski definition) is 3. The molecule has 0 heterocycles. The topological polar surface area (TPSA) is 87.7 Å². The van der Waals surface area contributed by atoms with Gasteiger partial charge < -0.3 is 20.5 Å². The standard InChI is InChI=1S/C14H28N2O4/c1-5-7-14(4,12(17)18)16-13(19)15-8-6-9-20-10-11(2)3/h11H,5-10H2,1-4H3,(H,17,18)(H2,15,16,19). The van der Waals surface area contributed by atoms with Crippen LogP contribution in [0, 0.1) is 5.92 Å². The van der Waals surface area contributed by atoms with Gasteiger partial charge in [-0.2, -0.15) is 0 Å². The van der Waals surface area contributed by atoms with E-state index < -0.39 is 17.5 Å². The van der Waals surface area contributed by atoms with Crippen molar-refractivity contribution in [2.75, 3.05) is 19.8 Å². The first kappa shape index (κ1) is 18.7. The van der Waals surface area contributed by atoms with E-state index in [1.807, 2.05) is 6.92 Å². The third kappa shape index (κ3) is 7.99. The Labute approximate surface area is 121 Å². The van der Waals surface area contributed by atoms with Crippen LogP contribution in [0.5, 0.6) is 0 Å². The third-order valence-electron chi connectivity index (χ3n) is 2.81. The Bertz CT molecular complexity index is 308. The van der Waals surface area contributed by atoms with Gasteiger partial charge in [0, 0.05) is 19.8 Å². The molecule has 20 heavy (non-hydrogen) atoms. The minimum absolute atomic E-state index is 0.396. The highest BCUT2D eigenvalue weighted by atomic mass is 16.5. The Morgan fingerprint density at radius 1 is 1.35 bits per heavy atom. The fraction of sp³-hybridized carbons (Fsp3) is 0.857. The summed E-state index contributed by atoms with van der Waals surface area (Å²) in [5.74, 6) is -0.522. The number of carboxylic acids is 1. The molecule has 6 nitrogen and oxygen atoms in total. The average molecular weight is 288 g/mol. The van der Waals surface area contributed by atoms with Crippen LogP contribution >= 0.6 is 0 Å². The summed E-state index contributed by atoms with van der Waals surface area (Å²) in [5, 5.41) is 14.3. The summed E-state index contributed by atoms with van der Waals surface area (Å²) in [6.45, 7) is 9.31. The Morgan fingerprint density at radius 3 is 2.50 bits per heavy atom. The fourth-order valence-corrected chi connectivity index (χ4v) is 1.71. The van der Waals surface area contributed by atoms with Crippen molar-refractivity contribution in [3.63, 3.8) is 0 Å². The number of carbonyl (C=O) groups is 2. The van der Waals surface area contributed by atoms with Crippen molar-refractivity contribution in [1.82, 2.24) is 10.6 Å². The monoisotopic (exact) mass is 288 g/mol. The number of urea groups is 1. The van der Waals surface area contributed by atoms with Crippen LogP contribution in [0.4, 0.5) is 4.79 Å². The number of rotatable bonds is 10. The SMILES string of the molecule is CCCC(C)(NC(=O)NCCCOCC(C)C)C(=O)O. The molecule has 2 amide bonds. The van der Waals surface area contributed by atoms with E-state index >= 15 is 0 Å². The molecule has 118 valence electrons. The van der Waals surface area contributed by atoms with Crippen molar-refractivity contribution >= 4 is 12.0 Å². The summed E-state index contributed by atoms with van der Waals surface area (Å²) >= 11 is 0. The molecular weight excluding hydrogens is 260 g/mol. The molecule has 1 unspecified atom stereocenters. The van der Waals surface area contributed by atoms with Crippen molar-refractivity contribution in [2.45, 2.75) is 52.5 Å². The predicted molar refractivity (Wildman–Crippen MR) is 77.8 cm³/mol. The highest BCUT2D eigenvalue weighted by Gasteiger charge is 2.33. The van der Waals surface area contributed by atoms with Gasteiger partial charge in [0.25, 0.3) is 0 Å². The maximum absolute atomic E-state index is 11.7. The van der Waals surface area contributed by atoms with E-state index in [1.54, 1.807) is 0 Å². The van der Waals surface area contributed by atoms with Crippen LogP contribution in [-0.2, 0) is 9.53 Å². The minimum atomic E-state index is -1.22. The first-order chi connectivity index (χ1) is 9.31. The molecule has 6 heteroatoms. The highest BCUT2D eigenvalue weighted by Crippen LogP contribution is 2.12. The molecule has 0 rings (SSSR count). The Kier molecular flexibility index (Phi) is 8.96. The van der Waals surface area contributed by atoms with Crippen LogP contribution in [-0.4, -0.2) is 42.4 Å². The molecule has 0 saturated carbocycles. The Morgan fingerprint density at radius 2 is 2.00 bits per heavy atom. The lowest BCUT2D eigenvalue weighted by Crippen LogP contribution is -2.55. The van der Waals surface area contributed by atoms with Crippen LogP contribution < -0.4 is 10.6 Å². The second-order valence-corrected chi connectivity index (χ2v) is 5.59. The summed E-state index contributed by atoms with van der Waals surface area (Å²) in [6, 6.07) is -0.452. The van der Waals surface area contributed by atoms with Gasteiger partial charge >= 0.3 is 12.0 Å². The average Bonchev–Trinajstić information content (AvgIpc) is 2.33. The minimum Gasteiger partial charge on any atom is -0.480 e. The lowest BCUT2D eigenvalue weighted by Gasteiger charge is -2.25. The molecule has 0 aliphatic carbocycles.